The van der Waals surface area contributed by atoms with E-state index in [1.165, 1.54) is 24.3 Å². The van der Waals surface area contributed by atoms with E-state index in [1.54, 1.807) is 36.4 Å². The van der Waals surface area contributed by atoms with Gasteiger partial charge in [0, 0.05) is 22.0 Å². The fourth-order valence-corrected chi connectivity index (χ4v) is 4.05. The summed E-state index contributed by atoms with van der Waals surface area (Å²) in [5.74, 6) is -1.74. The second-order valence-corrected chi connectivity index (χ2v) is 8.98. The molecule has 1 heterocycles. The van der Waals surface area contributed by atoms with Crippen LogP contribution in [-0.2, 0) is 9.59 Å². The summed E-state index contributed by atoms with van der Waals surface area (Å²) in [5.41, 5.74) is 2.26. The fourth-order valence-electron chi connectivity index (χ4n) is 3.31. The number of hydrogen-bond donors (Lipinski definition) is 2. The van der Waals surface area contributed by atoms with Crippen molar-refractivity contribution >= 4 is 81.2 Å². The molecule has 0 aliphatic carbocycles. The highest BCUT2D eigenvalue weighted by atomic mass is 35.5. The third-order valence-corrected chi connectivity index (χ3v) is 6.34. The Morgan fingerprint density at radius 2 is 1.62 bits per heavy atom. The average Bonchev–Trinajstić information content (AvgIpc) is 3.01. The molecule has 1 aliphatic heterocycles. The van der Waals surface area contributed by atoms with E-state index in [9.17, 15) is 14.4 Å². The van der Waals surface area contributed by atoms with Gasteiger partial charge in [-0.25, -0.2) is 4.90 Å². The lowest BCUT2D eigenvalue weighted by molar-refractivity contribution is -0.120. The molecule has 0 saturated carbocycles. The minimum absolute atomic E-state index is 0.121. The topological polar surface area (TPSA) is 78.5 Å². The van der Waals surface area contributed by atoms with E-state index >= 15 is 0 Å². The van der Waals surface area contributed by atoms with E-state index in [-0.39, 0.29) is 32.4 Å². The van der Waals surface area contributed by atoms with Crippen LogP contribution in [0.4, 0.5) is 17.1 Å². The van der Waals surface area contributed by atoms with Crippen LogP contribution in [0.5, 0.6) is 0 Å². The highest BCUT2D eigenvalue weighted by Crippen LogP contribution is 2.33. The molecule has 1 aliphatic rings. The predicted octanol–water partition coefficient (Wildman–Crippen LogP) is 6.64. The lowest BCUT2D eigenvalue weighted by Gasteiger charge is -2.16. The highest BCUT2D eigenvalue weighted by molar-refractivity contribution is 6.53. The van der Waals surface area contributed by atoms with Gasteiger partial charge in [0.2, 0.25) is 0 Å². The van der Waals surface area contributed by atoms with Crippen LogP contribution < -0.4 is 15.5 Å². The lowest BCUT2D eigenvalue weighted by atomic mass is 10.1. The Hall–Kier alpha value is -3.03. The van der Waals surface area contributed by atoms with Crippen molar-refractivity contribution in [3.05, 3.63) is 97.6 Å². The van der Waals surface area contributed by atoms with Crippen molar-refractivity contribution in [2.45, 2.75) is 6.92 Å². The molecule has 172 valence electrons. The zero-order valence-corrected chi connectivity index (χ0v) is 20.5. The molecule has 10 heteroatoms. The Bertz CT molecular complexity index is 1390. The summed E-state index contributed by atoms with van der Waals surface area (Å²) in [6.45, 7) is 1.83. The van der Waals surface area contributed by atoms with Gasteiger partial charge in [0.1, 0.15) is 10.7 Å². The van der Waals surface area contributed by atoms with Crippen LogP contribution in [0.25, 0.3) is 0 Å². The maximum Gasteiger partial charge on any atom is 0.283 e. The van der Waals surface area contributed by atoms with E-state index in [0.717, 1.165) is 10.5 Å². The summed E-state index contributed by atoms with van der Waals surface area (Å²) in [6, 6.07) is 15.9. The van der Waals surface area contributed by atoms with Crippen LogP contribution in [-0.4, -0.2) is 17.7 Å². The fraction of sp³-hybridized carbons (Fsp3) is 0.0417. The molecule has 0 atom stereocenters. The Kier molecular flexibility index (Phi) is 6.86. The summed E-state index contributed by atoms with van der Waals surface area (Å²) in [7, 11) is 0. The SMILES string of the molecule is Cc1cc(Cl)ccc1NC(=O)c1cccc(NC2=C(Cl)C(=O)N(c3ccc(Cl)c(Cl)c3)C2=O)c1. The van der Waals surface area contributed by atoms with Crippen molar-refractivity contribution < 1.29 is 14.4 Å². The van der Waals surface area contributed by atoms with Gasteiger partial charge < -0.3 is 10.6 Å². The van der Waals surface area contributed by atoms with Crippen molar-refractivity contribution in [2.24, 2.45) is 0 Å². The quantitative estimate of drug-likeness (QED) is 0.359. The average molecular weight is 535 g/mol. The maximum atomic E-state index is 13.0. The van der Waals surface area contributed by atoms with E-state index in [1.807, 2.05) is 6.92 Å². The molecular formula is C24H15Cl4N3O3. The molecule has 2 N–H and O–H groups in total. The molecule has 0 unspecified atom stereocenters. The van der Waals surface area contributed by atoms with E-state index < -0.39 is 11.8 Å². The number of amides is 3. The van der Waals surface area contributed by atoms with Crippen LogP contribution in [0.1, 0.15) is 15.9 Å². The summed E-state index contributed by atoms with van der Waals surface area (Å²) in [5, 5.41) is 6.42. The van der Waals surface area contributed by atoms with Gasteiger partial charge in [0.25, 0.3) is 17.7 Å². The zero-order valence-electron chi connectivity index (χ0n) is 17.5. The third kappa shape index (κ3) is 4.76. The van der Waals surface area contributed by atoms with Gasteiger partial charge >= 0.3 is 0 Å². The minimum Gasteiger partial charge on any atom is -0.350 e. The van der Waals surface area contributed by atoms with E-state index in [0.29, 0.717) is 22.0 Å². The second kappa shape index (κ2) is 9.68. The molecule has 0 spiro atoms. The number of aryl methyl sites for hydroxylation is 1. The Morgan fingerprint density at radius 1 is 0.853 bits per heavy atom. The molecule has 4 rings (SSSR count). The van der Waals surface area contributed by atoms with E-state index in [2.05, 4.69) is 10.6 Å². The number of halogens is 4. The van der Waals surface area contributed by atoms with Crippen molar-refractivity contribution in [3.8, 4) is 0 Å². The van der Waals surface area contributed by atoms with Crippen LogP contribution in [0, 0.1) is 6.92 Å². The van der Waals surface area contributed by atoms with Crippen molar-refractivity contribution in [3.63, 3.8) is 0 Å². The molecule has 3 aromatic rings. The summed E-state index contributed by atoms with van der Waals surface area (Å²) in [6.07, 6.45) is 0. The zero-order chi connectivity index (χ0) is 24.6. The largest absolute Gasteiger partial charge is 0.350 e. The van der Waals surface area contributed by atoms with Crippen molar-refractivity contribution in [1.29, 1.82) is 0 Å². The smallest absolute Gasteiger partial charge is 0.283 e. The number of hydrogen-bond acceptors (Lipinski definition) is 4. The number of nitrogens with one attached hydrogen (secondary N) is 2. The first-order valence-corrected chi connectivity index (χ1v) is 11.3. The molecule has 0 radical (unpaired) electrons. The standard InChI is InChI=1S/C24H15Cl4N3O3/c1-12-9-14(25)5-8-19(12)30-22(32)13-3-2-4-15(10-13)29-21-20(28)23(33)31(24(21)34)16-6-7-17(26)18(27)11-16/h2-11,29H,1H3,(H,30,32). The van der Waals surface area contributed by atoms with Crippen LogP contribution in [0.15, 0.2) is 71.4 Å². The maximum absolute atomic E-state index is 13.0. The van der Waals surface area contributed by atoms with Crippen molar-refractivity contribution in [2.75, 3.05) is 15.5 Å². The normalized spacial score (nSPS) is 13.5. The van der Waals surface area contributed by atoms with Gasteiger partial charge in [-0.05, 0) is 67.1 Å². The van der Waals surface area contributed by atoms with Crippen LogP contribution in [0.2, 0.25) is 15.1 Å². The summed E-state index contributed by atoms with van der Waals surface area (Å²) in [4.78, 5) is 39.3. The highest BCUT2D eigenvalue weighted by Gasteiger charge is 2.39. The van der Waals surface area contributed by atoms with Crippen LogP contribution >= 0.6 is 46.4 Å². The molecule has 0 fully saturated rings. The molecule has 0 saturated heterocycles. The van der Waals surface area contributed by atoms with Gasteiger partial charge in [-0.3, -0.25) is 14.4 Å². The van der Waals surface area contributed by atoms with Gasteiger partial charge in [0.15, 0.2) is 0 Å². The number of imide groups is 1. The number of rotatable bonds is 5. The molecule has 3 amide bonds. The second-order valence-electron chi connectivity index (χ2n) is 7.35. The number of anilines is 3. The van der Waals surface area contributed by atoms with Gasteiger partial charge in [0.05, 0.1) is 15.7 Å². The number of nitrogens with zero attached hydrogens (tertiary/aromatic N) is 1. The van der Waals surface area contributed by atoms with Gasteiger partial charge in [-0.2, -0.15) is 0 Å². The molecule has 0 aromatic heterocycles. The molecule has 0 bridgehead atoms. The van der Waals surface area contributed by atoms with Crippen molar-refractivity contribution in [1.82, 2.24) is 0 Å². The molecule has 34 heavy (non-hydrogen) atoms. The molecular weight excluding hydrogens is 520 g/mol. The molecule has 6 nitrogen and oxygen atoms in total. The monoisotopic (exact) mass is 533 g/mol. The van der Waals surface area contributed by atoms with Gasteiger partial charge in [-0.15, -0.1) is 0 Å². The Morgan fingerprint density at radius 3 is 2.32 bits per heavy atom. The number of carbonyl (C=O) groups is 3. The first kappa shape index (κ1) is 24.1. The number of benzene rings is 3. The van der Waals surface area contributed by atoms with Gasteiger partial charge in [-0.1, -0.05) is 52.5 Å². The predicted molar refractivity (Wildman–Crippen MR) is 136 cm³/mol. The summed E-state index contributed by atoms with van der Waals surface area (Å²) >= 11 is 24.1. The first-order chi connectivity index (χ1) is 16.2. The summed E-state index contributed by atoms with van der Waals surface area (Å²) < 4.78 is 0. The first-order valence-electron chi connectivity index (χ1n) is 9.84. The number of carbonyl (C=O) groups excluding carboxylic acids is 3. The minimum atomic E-state index is -0.709. The Labute approximate surface area is 215 Å². The third-order valence-electron chi connectivity index (χ3n) is 5.02. The Balaban J connectivity index is 1.55. The van der Waals surface area contributed by atoms with Crippen LogP contribution in [0.3, 0.4) is 0 Å². The molecule has 3 aromatic carbocycles. The van der Waals surface area contributed by atoms with E-state index in [4.69, 9.17) is 46.4 Å². The lowest BCUT2D eigenvalue weighted by Crippen LogP contribution is -2.32.